The Hall–Kier alpha value is -2.67. The Bertz CT molecular complexity index is 868. The van der Waals surface area contributed by atoms with Gasteiger partial charge in [0.15, 0.2) is 5.41 Å². The molecule has 0 radical (unpaired) electrons. The van der Waals surface area contributed by atoms with Crippen LogP contribution in [0.2, 0.25) is 0 Å². The zero-order valence-corrected chi connectivity index (χ0v) is 20.7. The van der Waals surface area contributed by atoms with Crippen molar-refractivity contribution in [1.29, 1.82) is 5.26 Å². The predicted octanol–water partition coefficient (Wildman–Crippen LogP) is 8.06. The second-order valence-electron chi connectivity index (χ2n) is 9.24. The highest BCUT2D eigenvalue weighted by molar-refractivity contribution is 5.81. The van der Waals surface area contributed by atoms with E-state index in [1.54, 1.807) is 19.1 Å². The van der Waals surface area contributed by atoms with Crippen LogP contribution in [0.3, 0.4) is 0 Å². The quantitative estimate of drug-likeness (QED) is 0.157. The van der Waals surface area contributed by atoms with Gasteiger partial charge in [-0.3, -0.25) is 4.98 Å². The molecule has 0 fully saturated rings. The van der Waals surface area contributed by atoms with Crippen LogP contribution < -0.4 is 4.74 Å². The zero-order chi connectivity index (χ0) is 23.9. The number of carbonyl (C=O) groups excluding carboxylic acids is 1. The number of pyridine rings is 1. The minimum atomic E-state index is -1.11. The topological polar surface area (TPSA) is 63.0 Å². The second-order valence-corrected chi connectivity index (χ2v) is 9.24. The number of esters is 1. The molecular weight excluding hydrogens is 408 g/mol. The van der Waals surface area contributed by atoms with Gasteiger partial charge in [-0.05, 0) is 62.1 Å². The maximum atomic E-state index is 12.6. The molecule has 0 aliphatic rings. The SMILES string of the molecule is CCCCCCCCCc1ccc(-c2ccc(OC(=O)C(C)(C#N)CCCCC)cc2)nc1. The van der Waals surface area contributed by atoms with Crippen molar-refractivity contribution >= 4 is 5.97 Å². The lowest BCUT2D eigenvalue weighted by atomic mass is 9.86. The number of hydrogen-bond acceptors (Lipinski definition) is 4. The molecule has 33 heavy (non-hydrogen) atoms. The van der Waals surface area contributed by atoms with E-state index in [1.807, 2.05) is 18.3 Å². The van der Waals surface area contributed by atoms with Gasteiger partial charge in [-0.15, -0.1) is 0 Å². The van der Waals surface area contributed by atoms with Crippen molar-refractivity contribution in [3.05, 3.63) is 48.2 Å². The van der Waals surface area contributed by atoms with Crippen LogP contribution in [0.15, 0.2) is 42.6 Å². The van der Waals surface area contributed by atoms with E-state index >= 15 is 0 Å². The van der Waals surface area contributed by atoms with E-state index in [4.69, 9.17) is 4.74 Å². The van der Waals surface area contributed by atoms with E-state index in [2.05, 4.69) is 37.0 Å². The average Bonchev–Trinajstić information content (AvgIpc) is 2.84. The molecule has 1 atom stereocenters. The maximum absolute atomic E-state index is 12.6. The number of aryl methyl sites for hydroxylation is 1. The standard InChI is InChI=1S/C29H40N2O2/c1-4-6-8-9-10-11-12-14-24-15-20-27(31-22-24)25-16-18-26(19-17-25)33-28(32)29(3,23-30)21-13-7-5-2/h15-20,22H,4-14,21H2,1-3H3. The molecule has 2 aromatic rings. The molecule has 178 valence electrons. The summed E-state index contributed by atoms with van der Waals surface area (Å²) in [6, 6.07) is 13.7. The molecule has 1 heterocycles. The van der Waals surface area contributed by atoms with Gasteiger partial charge in [0.25, 0.3) is 0 Å². The van der Waals surface area contributed by atoms with Gasteiger partial charge in [-0.1, -0.05) is 77.7 Å². The largest absolute Gasteiger partial charge is 0.425 e. The van der Waals surface area contributed by atoms with Gasteiger partial charge in [0.1, 0.15) is 5.75 Å². The summed E-state index contributed by atoms with van der Waals surface area (Å²) >= 11 is 0. The van der Waals surface area contributed by atoms with Crippen LogP contribution in [-0.2, 0) is 11.2 Å². The van der Waals surface area contributed by atoms with Crippen molar-refractivity contribution in [2.24, 2.45) is 5.41 Å². The number of ether oxygens (including phenoxy) is 1. The molecule has 0 N–H and O–H groups in total. The molecule has 1 aromatic carbocycles. The molecule has 0 saturated carbocycles. The Kier molecular flexibility index (Phi) is 11.7. The number of carbonyl (C=O) groups is 1. The van der Waals surface area contributed by atoms with Crippen molar-refractivity contribution in [2.45, 2.75) is 97.8 Å². The summed E-state index contributed by atoms with van der Waals surface area (Å²) in [6.07, 6.45) is 15.7. The van der Waals surface area contributed by atoms with Crippen molar-refractivity contribution in [3.63, 3.8) is 0 Å². The molecule has 0 aliphatic heterocycles. The summed E-state index contributed by atoms with van der Waals surface area (Å²) in [5, 5.41) is 9.50. The Balaban J connectivity index is 1.85. The molecule has 0 amide bonds. The van der Waals surface area contributed by atoms with Gasteiger partial charge in [0.2, 0.25) is 0 Å². The van der Waals surface area contributed by atoms with Gasteiger partial charge in [-0.25, -0.2) is 4.79 Å². The normalized spacial score (nSPS) is 12.7. The number of unbranched alkanes of at least 4 members (excludes halogenated alkanes) is 8. The molecule has 4 heteroatoms. The fraction of sp³-hybridized carbons (Fsp3) is 0.552. The highest BCUT2D eigenvalue weighted by atomic mass is 16.5. The van der Waals surface area contributed by atoms with E-state index in [-0.39, 0.29) is 0 Å². The van der Waals surface area contributed by atoms with Crippen LogP contribution >= 0.6 is 0 Å². The second kappa shape index (κ2) is 14.5. The van der Waals surface area contributed by atoms with E-state index in [1.165, 1.54) is 50.5 Å². The van der Waals surface area contributed by atoms with Crippen LogP contribution in [0.1, 0.15) is 97.0 Å². The van der Waals surface area contributed by atoms with Crippen molar-refractivity contribution in [3.8, 4) is 23.1 Å². The van der Waals surface area contributed by atoms with Crippen LogP contribution in [0, 0.1) is 16.7 Å². The average molecular weight is 449 g/mol. The molecule has 2 rings (SSSR count). The van der Waals surface area contributed by atoms with Crippen LogP contribution in [0.5, 0.6) is 5.75 Å². The molecular formula is C29H40N2O2. The summed E-state index contributed by atoms with van der Waals surface area (Å²) in [4.78, 5) is 17.2. The van der Waals surface area contributed by atoms with Gasteiger partial charge in [-0.2, -0.15) is 5.26 Å². The number of rotatable bonds is 15. The smallest absolute Gasteiger partial charge is 0.331 e. The molecule has 4 nitrogen and oxygen atoms in total. The molecule has 0 bridgehead atoms. The third-order valence-electron chi connectivity index (χ3n) is 6.23. The highest BCUT2D eigenvalue weighted by Gasteiger charge is 2.35. The van der Waals surface area contributed by atoms with E-state index in [9.17, 15) is 10.1 Å². The van der Waals surface area contributed by atoms with Crippen molar-refractivity contribution in [2.75, 3.05) is 0 Å². The first-order chi connectivity index (χ1) is 16.0. The van der Waals surface area contributed by atoms with Crippen molar-refractivity contribution in [1.82, 2.24) is 4.98 Å². The Labute approximate surface area is 200 Å². The Morgan fingerprint density at radius 2 is 1.55 bits per heavy atom. The summed E-state index contributed by atoms with van der Waals surface area (Å²) in [5.41, 5.74) is 2.04. The number of aromatic nitrogens is 1. The predicted molar refractivity (Wildman–Crippen MR) is 135 cm³/mol. The molecule has 1 unspecified atom stereocenters. The minimum absolute atomic E-state index is 0.455. The fourth-order valence-corrected chi connectivity index (χ4v) is 3.87. The molecule has 0 spiro atoms. The van der Waals surface area contributed by atoms with E-state index in [0.29, 0.717) is 12.2 Å². The Morgan fingerprint density at radius 3 is 2.15 bits per heavy atom. The maximum Gasteiger partial charge on any atom is 0.331 e. The summed E-state index contributed by atoms with van der Waals surface area (Å²) in [7, 11) is 0. The van der Waals surface area contributed by atoms with Gasteiger partial charge < -0.3 is 4.74 Å². The first kappa shape index (κ1) is 26.6. The fourth-order valence-electron chi connectivity index (χ4n) is 3.87. The first-order valence-electron chi connectivity index (χ1n) is 12.7. The van der Waals surface area contributed by atoms with Gasteiger partial charge in [0, 0.05) is 11.8 Å². The number of nitrogens with zero attached hydrogens (tertiary/aromatic N) is 2. The lowest BCUT2D eigenvalue weighted by Gasteiger charge is -2.19. The number of benzene rings is 1. The minimum Gasteiger partial charge on any atom is -0.425 e. The van der Waals surface area contributed by atoms with E-state index in [0.717, 1.165) is 36.9 Å². The van der Waals surface area contributed by atoms with Crippen LogP contribution in [0.4, 0.5) is 0 Å². The third kappa shape index (κ3) is 9.00. The highest BCUT2D eigenvalue weighted by Crippen LogP contribution is 2.28. The molecule has 0 saturated heterocycles. The van der Waals surface area contributed by atoms with Crippen LogP contribution in [-0.4, -0.2) is 11.0 Å². The monoisotopic (exact) mass is 448 g/mol. The summed E-state index contributed by atoms with van der Waals surface area (Å²) in [5.74, 6) is -0.0297. The zero-order valence-electron chi connectivity index (χ0n) is 20.7. The summed E-state index contributed by atoms with van der Waals surface area (Å²) < 4.78 is 5.51. The summed E-state index contributed by atoms with van der Waals surface area (Å²) in [6.45, 7) is 6.02. The lowest BCUT2D eigenvalue weighted by molar-refractivity contribution is -0.142. The first-order valence-corrected chi connectivity index (χ1v) is 12.7. The molecule has 1 aromatic heterocycles. The number of hydrogen-bond donors (Lipinski definition) is 0. The van der Waals surface area contributed by atoms with Gasteiger partial charge >= 0.3 is 5.97 Å². The lowest BCUT2D eigenvalue weighted by Crippen LogP contribution is -2.30. The number of nitriles is 1. The van der Waals surface area contributed by atoms with E-state index < -0.39 is 11.4 Å². The van der Waals surface area contributed by atoms with Gasteiger partial charge in [0.05, 0.1) is 11.8 Å². The Morgan fingerprint density at radius 1 is 0.909 bits per heavy atom. The molecule has 0 aliphatic carbocycles. The third-order valence-corrected chi connectivity index (χ3v) is 6.23. The van der Waals surface area contributed by atoms with Crippen LogP contribution in [0.25, 0.3) is 11.3 Å². The van der Waals surface area contributed by atoms with Crippen molar-refractivity contribution < 1.29 is 9.53 Å².